The van der Waals surface area contributed by atoms with E-state index in [1.165, 1.54) is 0 Å². The molecule has 0 aliphatic heterocycles. The standard InChI is InChI=1S/C12H12N2OS/c1-15-12-7-3-2-6-11(12)14-13-9-10-5-4-8-16-10/h2-9,14H,1H3/b13-9+. The molecular formula is C12H12N2OS. The number of hydrogen-bond acceptors (Lipinski definition) is 4. The molecule has 2 aromatic rings. The predicted octanol–water partition coefficient (Wildman–Crippen LogP) is 3.20. The average molecular weight is 232 g/mol. The molecule has 3 nitrogen and oxygen atoms in total. The normalized spacial score (nSPS) is 10.6. The lowest BCUT2D eigenvalue weighted by atomic mass is 10.3. The van der Waals surface area contributed by atoms with Crippen molar-refractivity contribution in [2.24, 2.45) is 5.10 Å². The van der Waals surface area contributed by atoms with Crippen LogP contribution < -0.4 is 10.2 Å². The Kier molecular flexibility index (Phi) is 3.56. The fourth-order valence-electron chi connectivity index (χ4n) is 1.27. The maximum absolute atomic E-state index is 5.20. The highest BCUT2D eigenvalue weighted by Gasteiger charge is 1.98. The highest BCUT2D eigenvalue weighted by atomic mass is 32.1. The summed E-state index contributed by atoms with van der Waals surface area (Å²) in [6.07, 6.45) is 1.79. The van der Waals surface area contributed by atoms with Crippen LogP contribution in [0.15, 0.2) is 46.9 Å². The lowest BCUT2D eigenvalue weighted by Crippen LogP contribution is -1.93. The third kappa shape index (κ3) is 2.61. The van der Waals surface area contributed by atoms with Crippen molar-refractivity contribution in [1.82, 2.24) is 0 Å². The summed E-state index contributed by atoms with van der Waals surface area (Å²) in [5, 5.41) is 6.17. The zero-order chi connectivity index (χ0) is 11.2. The summed E-state index contributed by atoms with van der Waals surface area (Å²) in [5.74, 6) is 0.783. The van der Waals surface area contributed by atoms with Gasteiger partial charge < -0.3 is 4.74 Å². The van der Waals surface area contributed by atoms with Gasteiger partial charge in [-0.15, -0.1) is 11.3 Å². The van der Waals surface area contributed by atoms with Crippen LogP contribution >= 0.6 is 11.3 Å². The minimum atomic E-state index is 0.783. The molecule has 0 amide bonds. The van der Waals surface area contributed by atoms with E-state index in [2.05, 4.69) is 10.5 Å². The Morgan fingerprint density at radius 2 is 2.12 bits per heavy atom. The molecule has 0 bridgehead atoms. The molecule has 0 aliphatic carbocycles. The third-order valence-corrected chi connectivity index (χ3v) is 2.83. The molecule has 0 radical (unpaired) electrons. The van der Waals surface area contributed by atoms with E-state index in [0.29, 0.717) is 0 Å². The van der Waals surface area contributed by atoms with E-state index in [0.717, 1.165) is 16.3 Å². The van der Waals surface area contributed by atoms with Crippen LogP contribution in [0.3, 0.4) is 0 Å². The van der Waals surface area contributed by atoms with Crippen LogP contribution in [0.2, 0.25) is 0 Å². The van der Waals surface area contributed by atoms with E-state index >= 15 is 0 Å². The van der Waals surface area contributed by atoms with Crippen LogP contribution in [-0.2, 0) is 0 Å². The molecule has 0 aliphatic rings. The number of nitrogens with one attached hydrogen (secondary N) is 1. The second kappa shape index (κ2) is 5.32. The number of nitrogens with zero attached hydrogens (tertiary/aromatic N) is 1. The molecule has 16 heavy (non-hydrogen) atoms. The molecule has 0 atom stereocenters. The van der Waals surface area contributed by atoms with Gasteiger partial charge in [0.15, 0.2) is 0 Å². The fourth-order valence-corrected chi connectivity index (χ4v) is 1.85. The van der Waals surface area contributed by atoms with Gasteiger partial charge in [-0.2, -0.15) is 5.10 Å². The van der Waals surface area contributed by atoms with Crippen LogP contribution in [0.4, 0.5) is 5.69 Å². The Balaban J connectivity index is 2.04. The monoisotopic (exact) mass is 232 g/mol. The Bertz CT molecular complexity index is 466. The minimum Gasteiger partial charge on any atom is -0.495 e. The van der Waals surface area contributed by atoms with E-state index < -0.39 is 0 Å². The largest absolute Gasteiger partial charge is 0.495 e. The van der Waals surface area contributed by atoms with Gasteiger partial charge in [0, 0.05) is 4.88 Å². The lowest BCUT2D eigenvalue weighted by molar-refractivity contribution is 0.416. The summed E-state index contributed by atoms with van der Waals surface area (Å²) >= 11 is 1.65. The first-order valence-electron chi connectivity index (χ1n) is 4.86. The third-order valence-electron chi connectivity index (χ3n) is 2.03. The summed E-state index contributed by atoms with van der Waals surface area (Å²) in [4.78, 5) is 1.11. The van der Waals surface area contributed by atoms with Crippen molar-refractivity contribution in [2.45, 2.75) is 0 Å². The summed E-state index contributed by atoms with van der Waals surface area (Å²) < 4.78 is 5.20. The number of hydrogen-bond donors (Lipinski definition) is 1. The highest BCUT2D eigenvalue weighted by molar-refractivity contribution is 7.11. The van der Waals surface area contributed by atoms with Crippen molar-refractivity contribution >= 4 is 23.2 Å². The van der Waals surface area contributed by atoms with Crippen molar-refractivity contribution in [1.29, 1.82) is 0 Å². The molecule has 1 aromatic heterocycles. The SMILES string of the molecule is COc1ccccc1N/N=C/c1cccs1. The molecule has 1 N–H and O–H groups in total. The fraction of sp³-hybridized carbons (Fsp3) is 0.0833. The second-order valence-electron chi connectivity index (χ2n) is 3.09. The summed E-state index contributed by atoms with van der Waals surface area (Å²) in [7, 11) is 1.64. The summed E-state index contributed by atoms with van der Waals surface area (Å²) in [5.41, 5.74) is 3.81. The predicted molar refractivity (Wildman–Crippen MR) is 68.5 cm³/mol. The lowest BCUT2D eigenvalue weighted by Gasteiger charge is -2.05. The Morgan fingerprint density at radius 3 is 2.88 bits per heavy atom. The number of hydrazone groups is 1. The summed E-state index contributed by atoms with van der Waals surface area (Å²) in [6, 6.07) is 11.7. The Morgan fingerprint density at radius 1 is 1.25 bits per heavy atom. The molecule has 0 spiro atoms. The summed E-state index contributed by atoms with van der Waals surface area (Å²) in [6.45, 7) is 0. The number of methoxy groups -OCH3 is 1. The first-order valence-corrected chi connectivity index (χ1v) is 5.74. The maximum Gasteiger partial charge on any atom is 0.143 e. The molecule has 1 aromatic carbocycles. The molecule has 0 saturated heterocycles. The first-order chi connectivity index (χ1) is 7.90. The van der Waals surface area contributed by atoms with Gasteiger partial charge in [0.05, 0.1) is 19.0 Å². The van der Waals surface area contributed by atoms with Gasteiger partial charge in [0.1, 0.15) is 5.75 Å². The topological polar surface area (TPSA) is 33.6 Å². The number of ether oxygens (including phenoxy) is 1. The quantitative estimate of drug-likeness (QED) is 0.648. The number of thiophene rings is 1. The van der Waals surface area contributed by atoms with Crippen LogP contribution in [-0.4, -0.2) is 13.3 Å². The van der Waals surface area contributed by atoms with Gasteiger partial charge in [-0.05, 0) is 23.6 Å². The molecule has 0 unspecified atom stereocenters. The minimum absolute atomic E-state index is 0.783. The van der Waals surface area contributed by atoms with Gasteiger partial charge in [-0.1, -0.05) is 18.2 Å². The van der Waals surface area contributed by atoms with E-state index in [9.17, 15) is 0 Å². The van der Waals surface area contributed by atoms with Crippen LogP contribution in [0.1, 0.15) is 4.88 Å². The molecule has 82 valence electrons. The average Bonchev–Trinajstić information content (AvgIpc) is 2.83. The zero-order valence-corrected chi connectivity index (χ0v) is 9.70. The van der Waals surface area contributed by atoms with Crippen molar-refractivity contribution < 1.29 is 4.74 Å². The smallest absolute Gasteiger partial charge is 0.143 e. The van der Waals surface area contributed by atoms with Gasteiger partial charge in [-0.25, -0.2) is 0 Å². The van der Waals surface area contributed by atoms with Crippen LogP contribution in [0.25, 0.3) is 0 Å². The Labute approximate surface area is 98.4 Å². The van der Waals surface area contributed by atoms with E-state index in [1.807, 2.05) is 41.8 Å². The molecule has 2 rings (SSSR count). The molecular weight excluding hydrogens is 220 g/mol. The van der Waals surface area contributed by atoms with Crippen molar-refractivity contribution in [3.63, 3.8) is 0 Å². The number of rotatable bonds is 4. The zero-order valence-electron chi connectivity index (χ0n) is 8.88. The van der Waals surface area contributed by atoms with Crippen molar-refractivity contribution in [2.75, 3.05) is 12.5 Å². The van der Waals surface area contributed by atoms with Crippen molar-refractivity contribution in [3.05, 3.63) is 46.7 Å². The van der Waals surface area contributed by atoms with Gasteiger partial charge in [0.2, 0.25) is 0 Å². The van der Waals surface area contributed by atoms with Gasteiger partial charge >= 0.3 is 0 Å². The number of anilines is 1. The number of para-hydroxylation sites is 2. The van der Waals surface area contributed by atoms with E-state index in [-0.39, 0.29) is 0 Å². The number of benzene rings is 1. The first kappa shape index (κ1) is 10.7. The molecule has 4 heteroatoms. The van der Waals surface area contributed by atoms with Gasteiger partial charge in [-0.3, -0.25) is 5.43 Å². The maximum atomic E-state index is 5.20. The van der Waals surface area contributed by atoms with Crippen LogP contribution in [0.5, 0.6) is 5.75 Å². The molecule has 1 heterocycles. The van der Waals surface area contributed by atoms with Crippen LogP contribution in [0, 0.1) is 0 Å². The molecule has 0 saturated carbocycles. The second-order valence-corrected chi connectivity index (χ2v) is 4.06. The van der Waals surface area contributed by atoms with E-state index in [1.54, 1.807) is 24.7 Å². The highest BCUT2D eigenvalue weighted by Crippen LogP contribution is 2.22. The Hall–Kier alpha value is -1.81. The van der Waals surface area contributed by atoms with E-state index in [4.69, 9.17) is 4.74 Å². The van der Waals surface area contributed by atoms with Crippen molar-refractivity contribution in [3.8, 4) is 5.75 Å². The molecule has 0 fully saturated rings. The van der Waals surface area contributed by atoms with Gasteiger partial charge in [0.25, 0.3) is 0 Å².